The van der Waals surface area contributed by atoms with E-state index in [0.29, 0.717) is 0 Å². The largest absolute Gasteiger partial charge is 0.488 e. The zero-order chi connectivity index (χ0) is 10.1. The molecular weight excluding hydrogens is 184 g/mol. The van der Waals surface area contributed by atoms with Gasteiger partial charge >= 0.3 is 5.97 Å². The number of nitrogen functional groups attached to an aromatic ring is 1. The Bertz CT molecular complexity index is 374. The Hall–Kier alpha value is -1.78. The van der Waals surface area contributed by atoms with Crippen molar-refractivity contribution in [2.75, 3.05) is 5.73 Å². The quantitative estimate of drug-likeness (QED) is 0.746. The molecule has 0 aliphatic heterocycles. The van der Waals surface area contributed by atoms with Crippen LogP contribution < -0.4 is 10.5 Å². The van der Waals surface area contributed by atoms with Gasteiger partial charge < -0.3 is 15.6 Å². The average molecular weight is 194 g/mol. The van der Waals surface area contributed by atoms with Gasteiger partial charge in [-0.2, -0.15) is 0 Å². The molecule has 1 saturated carbocycles. The van der Waals surface area contributed by atoms with Gasteiger partial charge in [-0.05, 0) is 12.8 Å². The molecule has 74 valence electrons. The molecule has 2 rings (SSSR count). The number of rotatable bonds is 3. The highest BCUT2D eigenvalue weighted by molar-refractivity contribution is 5.96. The maximum Gasteiger partial charge on any atom is 0.341 e. The second-order valence-electron chi connectivity index (χ2n) is 3.22. The molecule has 1 aromatic rings. The van der Waals surface area contributed by atoms with E-state index >= 15 is 0 Å². The average Bonchev–Trinajstić information content (AvgIpc) is 2.87. The first-order valence-corrected chi connectivity index (χ1v) is 4.32. The van der Waals surface area contributed by atoms with Gasteiger partial charge in [0, 0.05) is 0 Å². The first kappa shape index (κ1) is 8.80. The van der Waals surface area contributed by atoms with E-state index in [2.05, 4.69) is 4.98 Å². The lowest BCUT2D eigenvalue weighted by molar-refractivity contribution is 0.0693. The number of aromatic nitrogens is 1. The van der Waals surface area contributed by atoms with Crippen molar-refractivity contribution < 1.29 is 14.6 Å². The minimum Gasteiger partial charge on any atom is -0.488 e. The van der Waals surface area contributed by atoms with Gasteiger partial charge in [-0.1, -0.05) is 0 Å². The maximum atomic E-state index is 10.9. The van der Waals surface area contributed by atoms with Crippen LogP contribution in [0.4, 0.5) is 5.69 Å². The van der Waals surface area contributed by atoms with Crippen LogP contribution in [0.2, 0.25) is 0 Å². The Labute approximate surface area is 80.5 Å². The minimum atomic E-state index is -1.08. The van der Waals surface area contributed by atoms with E-state index in [1.165, 1.54) is 12.4 Å². The van der Waals surface area contributed by atoms with Crippen molar-refractivity contribution in [3.05, 3.63) is 18.0 Å². The number of nitrogens with zero attached hydrogens (tertiary/aromatic N) is 1. The lowest BCUT2D eigenvalue weighted by Gasteiger charge is -2.08. The fraction of sp³-hybridized carbons (Fsp3) is 0.333. The molecule has 1 aliphatic carbocycles. The van der Waals surface area contributed by atoms with Crippen molar-refractivity contribution in [1.29, 1.82) is 0 Å². The van der Waals surface area contributed by atoms with Crippen molar-refractivity contribution in [3.8, 4) is 5.75 Å². The summed E-state index contributed by atoms with van der Waals surface area (Å²) in [7, 11) is 0. The number of anilines is 1. The van der Waals surface area contributed by atoms with Crippen LogP contribution in [0, 0.1) is 0 Å². The Kier molecular flexibility index (Phi) is 1.99. The van der Waals surface area contributed by atoms with Gasteiger partial charge in [0.15, 0.2) is 5.75 Å². The topological polar surface area (TPSA) is 85.4 Å². The molecular formula is C9H10N2O3. The molecule has 0 spiro atoms. The number of carboxylic acid groups (broad SMARTS) is 1. The predicted molar refractivity (Wildman–Crippen MR) is 49.3 cm³/mol. The van der Waals surface area contributed by atoms with Gasteiger partial charge in [0.05, 0.1) is 24.2 Å². The maximum absolute atomic E-state index is 10.9. The lowest BCUT2D eigenvalue weighted by atomic mass is 10.2. The van der Waals surface area contributed by atoms with Crippen molar-refractivity contribution >= 4 is 11.7 Å². The molecule has 1 heterocycles. The second-order valence-corrected chi connectivity index (χ2v) is 3.22. The van der Waals surface area contributed by atoms with Crippen LogP contribution in [0.5, 0.6) is 5.75 Å². The zero-order valence-corrected chi connectivity index (χ0v) is 7.43. The van der Waals surface area contributed by atoms with E-state index < -0.39 is 5.97 Å². The third kappa shape index (κ3) is 1.61. The molecule has 0 saturated heterocycles. The summed E-state index contributed by atoms with van der Waals surface area (Å²) in [5.74, 6) is -0.819. The summed E-state index contributed by atoms with van der Waals surface area (Å²) in [6, 6.07) is 0. The number of aromatic carboxylic acids is 1. The monoisotopic (exact) mass is 194 g/mol. The van der Waals surface area contributed by atoms with Gasteiger partial charge in [-0.15, -0.1) is 0 Å². The van der Waals surface area contributed by atoms with Crippen LogP contribution in [0.25, 0.3) is 0 Å². The van der Waals surface area contributed by atoms with Crippen molar-refractivity contribution in [3.63, 3.8) is 0 Å². The second kappa shape index (κ2) is 3.17. The number of hydrogen-bond donors (Lipinski definition) is 2. The van der Waals surface area contributed by atoms with Crippen molar-refractivity contribution in [2.24, 2.45) is 0 Å². The fourth-order valence-corrected chi connectivity index (χ4v) is 1.14. The fourth-order valence-electron chi connectivity index (χ4n) is 1.14. The summed E-state index contributed by atoms with van der Waals surface area (Å²) in [4.78, 5) is 14.7. The molecule has 1 fully saturated rings. The van der Waals surface area contributed by atoms with E-state index in [1.54, 1.807) is 0 Å². The summed E-state index contributed by atoms with van der Waals surface area (Å²) < 4.78 is 5.38. The Balaban J connectivity index is 2.35. The van der Waals surface area contributed by atoms with E-state index in [0.717, 1.165) is 12.8 Å². The van der Waals surface area contributed by atoms with Crippen LogP contribution >= 0.6 is 0 Å². The van der Waals surface area contributed by atoms with Gasteiger partial charge in [-0.25, -0.2) is 4.79 Å². The molecule has 14 heavy (non-hydrogen) atoms. The number of ether oxygens (including phenoxy) is 1. The third-order valence-electron chi connectivity index (χ3n) is 1.97. The number of hydrogen-bond acceptors (Lipinski definition) is 4. The van der Waals surface area contributed by atoms with Crippen LogP contribution in [-0.2, 0) is 0 Å². The van der Waals surface area contributed by atoms with Crippen LogP contribution in [0.1, 0.15) is 23.2 Å². The molecule has 0 atom stereocenters. The molecule has 0 bridgehead atoms. The smallest absolute Gasteiger partial charge is 0.341 e. The summed E-state index contributed by atoms with van der Waals surface area (Å²) in [5.41, 5.74) is 5.64. The molecule has 0 amide bonds. The normalized spacial score (nSPS) is 15.1. The number of carboxylic acids is 1. The summed E-state index contributed by atoms with van der Waals surface area (Å²) >= 11 is 0. The first-order valence-electron chi connectivity index (χ1n) is 4.32. The van der Waals surface area contributed by atoms with Crippen molar-refractivity contribution in [2.45, 2.75) is 18.9 Å². The van der Waals surface area contributed by atoms with E-state index in [-0.39, 0.29) is 23.1 Å². The van der Waals surface area contributed by atoms with Crippen LogP contribution in [-0.4, -0.2) is 22.2 Å². The van der Waals surface area contributed by atoms with Gasteiger partial charge in [0.2, 0.25) is 0 Å². The van der Waals surface area contributed by atoms with Gasteiger partial charge in [0.1, 0.15) is 5.56 Å². The Morgan fingerprint density at radius 3 is 2.86 bits per heavy atom. The number of carbonyl (C=O) groups is 1. The summed E-state index contributed by atoms with van der Waals surface area (Å²) in [6.45, 7) is 0. The highest BCUT2D eigenvalue weighted by Crippen LogP contribution is 2.30. The van der Waals surface area contributed by atoms with E-state index in [1.807, 2.05) is 0 Å². The molecule has 1 aliphatic rings. The molecule has 0 aromatic carbocycles. The predicted octanol–water partition coefficient (Wildman–Crippen LogP) is 0.903. The molecule has 0 unspecified atom stereocenters. The minimum absolute atomic E-state index is 0.00639. The first-order chi connectivity index (χ1) is 6.68. The lowest BCUT2D eigenvalue weighted by Crippen LogP contribution is -2.08. The van der Waals surface area contributed by atoms with Crippen LogP contribution in [0.3, 0.4) is 0 Å². The number of pyridine rings is 1. The highest BCUT2D eigenvalue weighted by atomic mass is 16.5. The third-order valence-corrected chi connectivity index (χ3v) is 1.97. The molecule has 1 aromatic heterocycles. The van der Waals surface area contributed by atoms with E-state index in [4.69, 9.17) is 15.6 Å². The Morgan fingerprint density at radius 1 is 1.57 bits per heavy atom. The Morgan fingerprint density at radius 2 is 2.29 bits per heavy atom. The van der Waals surface area contributed by atoms with Gasteiger partial charge in [-0.3, -0.25) is 4.98 Å². The molecule has 5 heteroatoms. The standard InChI is InChI=1S/C9H10N2O3/c10-6-3-11-4-7(8(6)9(12)13)14-5-1-2-5/h3-5H,1-2,10H2,(H,12,13). The summed E-state index contributed by atoms with van der Waals surface area (Å²) in [5, 5.41) is 8.89. The van der Waals surface area contributed by atoms with Gasteiger partial charge in [0.25, 0.3) is 0 Å². The zero-order valence-electron chi connectivity index (χ0n) is 7.43. The molecule has 0 radical (unpaired) electrons. The summed E-state index contributed by atoms with van der Waals surface area (Å²) in [6.07, 6.45) is 4.76. The molecule has 5 nitrogen and oxygen atoms in total. The highest BCUT2D eigenvalue weighted by Gasteiger charge is 2.26. The molecule has 3 N–H and O–H groups in total. The van der Waals surface area contributed by atoms with Crippen molar-refractivity contribution in [1.82, 2.24) is 4.98 Å². The number of nitrogens with two attached hydrogens (primary N) is 1. The van der Waals surface area contributed by atoms with E-state index in [9.17, 15) is 4.79 Å². The van der Waals surface area contributed by atoms with Crippen LogP contribution in [0.15, 0.2) is 12.4 Å². The SMILES string of the molecule is Nc1cncc(OC2CC2)c1C(=O)O.